The van der Waals surface area contributed by atoms with Crippen LogP contribution in [0.2, 0.25) is 0 Å². The second-order valence-electron chi connectivity index (χ2n) is 5.86. The lowest BCUT2D eigenvalue weighted by molar-refractivity contribution is -0.140. The number of amides is 1. The lowest BCUT2D eigenvalue weighted by Gasteiger charge is -2.39. The maximum atomic E-state index is 12.2. The fourth-order valence-corrected chi connectivity index (χ4v) is 3.59. The zero-order valence-electron chi connectivity index (χ0n) is 10.1. The largest absolute Gasteiger partial charge is 0.391 e. The molecule has 0 aromatic heterocycles. The molecule has 0 aromatic carbocycles. The van der Waals surface area contributed by atoms with Crippen LogP contribution in [0.15, 0.2) is 0 Å². The van der Waals surface area contributed by atoms with E-state index in [1.54, 1.807) is 0 Å². The Morgan fingerprint density at radius 1 is 1.56 bits per heavy atom. The molecular formula is C12H22N2O2. The highest BCUT2D eigenvalue weighted by Gasteiger charge is 2.64. The molecule has 2 fully saturated rings. The van der Waals surface area contributed by atoms with Gasteiger partial charge in [-0.15, -0.1) is 0 Å². The van der Waals surface area contributed by atoms with Gasteiger partial charge in [-0.05, 0) is 30.6 Å². The van der Waals surface area contributed by atoms with Crippen molar-refractivity contribution in [1.29, 1.82) is 0 Å². The molecule has 92 valence electrons. The third kappa shape index (κ3) is 1.39. The molecule has 4 N–H and O–H groups in total. The van der Waals surface area contributed by atoms with Crippen molar-refractivity contribution in [2.24, 2.45) is 22.5 Å². The van der Waals surface area contributed by atoms with Crippen molar-refractivity contribution in [3.05, 3.63) is 0 Å². The van der Waals surface area contributed by atoms with Crippen LogP contribution in [0.1, 0.15) is 33.1 Å². The minimum Gasteiger partial charge on any atom is -0.391 e. The molecule has 2 aliphatic carbocycles. The van der Waals surface area contributed by atoms with Gasteiger partial charge in [0.1, 0.15) is 0 Å². The van der Waals surface area contributed by atoms with E-state index in [1.165, 1.54) is 0 Å². The maximum absolute atomic E-state index is 12.2. The highest BCUT2D eigenvalue weighted by atomic mass is 16.3. The van der Waals surface area contributed by atoms with Crippen molar-refractivity contribution in [2.75, 3.05) is 13.1 Å². The zero-order valence-corrected chi connectivity index (χ0v) is 10.1. The predicted molar refractivity (Wildman–Crippen MR) is 61.6 cm³/mol. The molecule has 2 rings (SSSR count). The molecular weight excluding hydrogens is 204 g/mol. The summed E-state index contributed by atoms with van der Waals surface area (Å²) in [7, 11) is 0. The van der Waals surface area contributed by atoms with Crippen molar-refractivity contribution in [1.82, 2.24) is 5.32 Å². The van der Waals surface area contributed by atoms with Crippen LogP contribution in [0.4, 0.5) is 0 Å². The summed E-state index contributed by atoms with van der Waals surface area (Å²) in [5.41, 5.74) is 4.72. The summed E-state index contributed by atoms with van der Waals surface area (Å²) >= 11 is 0. The Bertz CT molecular complexity index is 303. The quantitative estimate of drug-likeness (QED) is 0.645. The topological polar surface area (TPSA) is 75.4 Å². The van der Waals surface area contributed by atoms with Crippen LogP contribution < -0.4 is 11.1 Å². The standard InChI is InChI=1S/C12H22N2O2/c1-11(2)8-3-4-12(7-8,9(11)15)10(16)14-6-5-13/h8-9,15H,3-7,13H2,1-2H3,(H,14,16)/t8-,9+,12+/m0/s1. The van der Waals surface area contributed by atoms with Gasteiger partial charge in [0.05, 0.1) is 11.5 Å². The van der Waals surface area contributed by atoms with E-state index in [9.17, 15) is 9.90 Å². The lowest BCUT2D eigenvalue weighted by Crippen LogP contribution is -2.50. The van der Waals surface area contributed by atoms with Crippen LogP contribution in [0.5, 0.6) is 0 Å². The highest BCUT2D eigenvalue weighted by Crippen LogP contribution is 2.62. The molecule has 0 radical (unpaired) electrons. The van der Waals surface area contributed by atoms with Gasteiger partial charge in [-0.2, -0.15) is 0 Å². The fraction of sp³-hybridized carbons (Fsp3) is 0.917. The molecule has 0 unspecified atom stereocenters. The van der Waals surface area contributed by atoms with Crippen molar-refractivity contribution >= 4 is 5.91 Å². The number of carbonyl (C=O) groups excluding carboxylic acids is 1. The number of hydrogen-bond donors (Lipinski definition) is 3. The van der Waals surface area contributed by atoms with Crippen LogP contribution in [0.25, 0.3) is 0 Å². The molecule has 2 bridgehead atoms. The number of rotatable bonds is 3. The number of carbonyl (C=O) groups is 1. The summed E-state index contributed by atoms with van der Waals surface area (Å²) in [6.07, 6.45) is 2.19. The van der Waals surface area contributed by atoms with Crippen LogP contribution in [-0.4, -0.2) is 30.2 Å². The molecule has 1 amide bonds. The molecule has 2 aliphatic rings. The Balaban J connectivity index is 2.17. The van der Waals surface area contributed by atoms with E-state index in [2.05, 4.69) is 19.2 Å². The van der Waals surface area contributed by atoms with Gasteiger partial charge in [-0.25, -0.2) is 0 Å². The van der Waals surface area contributed by atoms with Gasteiger partial charge in [-0.1, -0.05) is 13.8 Å². The number of fused-ring (bicyclic) bond motifs is 2. The summed E-state index contributed by atoms with van der Waals surface area (Å²) in [5.74, 6) is 0.477. The first kappa shape index (κ1) is 11.9. The Kier molecular flexibility index (Phi) is 2.75. The first-order valence-corrected chi connectivity index (χ1v) is 6.11. The molecule has 0 saturated heterocycles. The second kappa shape index (κ2) is 3.70. The van der Waals surface area contributed by atoms with E-state index in [0.717, 1.165) is 19.3 Å². The van der Waals surface area contributed by atoms with Crippen molar-refractivity contribution in [3.63, 3.8) is 0 Å². The second-order valence-corrected chi connectivity index (χ2v) is 5.86. The SMILES string of the molecule is CC1(C)[C@H]2CC[C@@](C(=O)NCCN)(C2)[C@@H]1O. The number of nitrogens with two attached hydrogens (primary N) is 1. The Morgan fingerprint density at radius 2 is 2.25 bits per heavy atom. The van der Waals surface area contributed by atoms with E-state index in [1.807, 2.05) is 0 Å². The van der Waals surface area contributed by atoms with E-state index in [-0.39, 0.29) is 11.3 Å². The molecule has 4 nitrogen and oxygen atoms in total. The van der Waals surface area contributed by atoms with Gasteiger partial charge < -0.3 is 16.2 Å². The van der Waals surface area contributed by atoms with Gasteiger partial charge in [0.25, 0.3) is 0 Å². The van der Waals surface area contributed by atoms with Crippen LogP contribution in [0, 0.1) is 16.7 Å². The molecule has 3 atom stereocenters. The average molecular weight is 226 g/mol. The fourth-order valence-electron chi connectivity index (χ4n) is 3.59. The molecule has 0 aliphatic heterocycles. The van der Waals surface area contributed by atoms with Crippen LogP contribution >= 0.6 is 0 Å². The summed E-state index contributed by atoms with van der Waals surface area (Å²) in [6, 6.07) is 0. The van der Waals surface area contributed by atoms with Gasteiger partial charge >= 0.3 is 0 Å². The normalized spacial score (nSPS) is 40.0. The number of nitrogens with one attached hydrogen (secondary N) is 1. The summed E-state index contributed by atoms with van der Waals surface area (Å²) in [4.78, 5) is 12.2. The average Bonchev–Trinajstić information content (AvgIpc) is 2.76. The molecule has 0 heterocycles. The van der Waals surface area contributed by atoms with Gasteiger partial charge in [0, 0.05) is 13.1 Å². The number of aliphatic hydroxyl groups is 1. The van der Waals surface area contributed by atoms with Gasteiger partial charge in [0.2, 0.25) is 5.91 Å². The van der Waals surface area contributed by atoms with Crippen LogP contribution in [0.3, 0.4) is 0 Å². The molecule has 2 saturated carbocycles. The zero-order chi connectivity index (χ0) is 12.0. The molecule has 0 spiro atoms. The highest BCUT2D eigenvalue weighted by molar-refractivity contribution is 5.84. The molecule has 0 aromatic rings. The predicted octanol–water partition coefficient (Wildman–Crippen LogP) is 0.249. The Morgan fingerprint density at radius 3 is 2.75 bits per heavy atom. The maximum Gasteiger partial charge on any atom is 0.228 e. The van der Waals surface area contributed by atoms with Gasteiger partial charge in [0.15, 0.2) is 0 Å². The first-order chi connectivity index (χ1) is 7.45. The molecule has 4 heteroatoms. The van der Waals surface area contributed by atoms with Crippen molar-refractivity contribution in [2.45, 2.75) is 39.2 Å². The summed E-state index contributed by atoms with van der Waals surface area (Å²) in [6.45, 7) is 5.09. The van der Waals surface area contributed by atoms with Gasteiger partial charge in [-0.3, -0.25) is 4.79 Å². The van der Waals surface area contributed by atoms with E-state index < -0.39 is 11.5 Å². The van der Waals surface area contributed by atoms with E-state index >= 15 is 0 Å². The first-order valence-electron chi connectivity index (χ1n) is 6.11. The number of aliphatic hydroxyl groups excluding tert-OH is 1. The summed E-state index contributed by atoms with van der Waals surface area (Å²) in [5, 5.41) is 13.2. The Hall–Kier alpha value is -0.610. The number of hydrogen-bond acceptors (Lipinski definition) is 3. The smallest absolute Gasteiger partial charge is 0.228 e. The van der Waals surface area contributed by atoms with Crippen molar-refractivity contribution < 1.29 is 9.90 Å². The third-order valence-electron chi connectivity index (χ3n) is 4.71. The monoisotopic (exact) mass is 226 g/mol. The van der Waals surface area contributed by atoms with E-state index in [0.29, 0.717) is 19.0 Å². The van der Waals surface area contributed by atoms with Crippen LogP contribution in [-0.2, 0) is 4.79 Å². The summed E-state index contributed by atoms with van der Waals surface area (Å²) < 4.78 is 0. The van der Waals surface area contributed by atoms with Crippen molar-refractivity contribution in [3.8, 4) is 0 Å². The lowest BCUT2D eigenvalue weighted by atomic mass is 9.69. The molecule has 16 heavy (non-hydrogen) atoms. The Labute approximate surface area is 96.6 Å². The third-order valence-corrected chi connectivity index (χ3v) is 4.71. The minimum absolute atomic E-state index is 0.00137. The van der Waals surface area contributed by atoms with E-state index in [4.69, 9.17) is 5.73 Å². The minimum atomic E-state index is -0.538.